The van der Waals surface area contributed by atoms with E-state index in [2.05, 4.69) is 26.2 Å². The number of hydrogen-bond donors (Lipinski definition) is 1. The molecule has 8 heteroatoms. The van der Waals surface area contributed by atoms with Crippen LogP contribution in [0.2, 0.25) is 0 Å². The number of amides is 1. The van der Waals surface area contributed by atoms with E-state index < -0.39 is 0 Å². The average molecular weight is 424 g/mol. The molecule has 0 spiro atoms. The Morgan fingerprint density at radius 1 is 1.44 bits per heavy atom. The number of anilines is 1. The van der Waals surface area contributed by atoms with Crippen molar-refractivity contribution in [1.82, 2.24) is 9.55 Å². The Hall–Kier alpha value is -2.19. The molecular formula is C17H15BrFN3O2S. The molecule has 1 aromatic carbocycles. The minimum atomic E-state index is -0.375. The fourth-order valence-corrected chi connectivity index (χ4v) is 3.59. The smallest absolute Gasteiger partial charge is 0.274 e. The maximum atomic E-state index is 13.5. The second-order valence-corrected chi connectivity index (χ2v) is 6.94. The minimum absolute atomic E-state index is 0.250. The van der Waals surface area contributed by atoms with E-state index in [0.29, 0.717) is 34.4 Å². The maximum Gasteiger partial charge on any atom is 0.274 e. The molecule has 0 aliphatic rings. The number of thiazole rings is 1. The molecule has 3 rings (SSSR count). The molecule has 1 N–H and O–H groups in total. The van der Waals surface area contributed by atoms with Gasteiger partial charge in [-0.2, -0.15) is 0 Å². The number of halogens is 2. The fourth-order valence-electron chi connectivity index (χ4n) is 2.42. The lowest BCUT2D eigenvalue weighted by atomic mass is 10.1. The first-order valence-electron chi connectivity index (χ1n) is 7.48. The van der Waals surface area contributed by atoms with Crippen LogP contribution in [-0.2, 0) is 6.54 Å². The molecular weight excluding hydrogens is 409 g/mol. The number of methoxy groups -OCH3 is 1. The Labute approximate surface area is 156 Å². The Balaban J connectivity index is 1.85. The lowest BCUT2D eigenvalue weighted by molar-refractivity contribution is 0.101. The predicted molar refractivity (Wildman–Crippen MR) is 99.8 cm³/mol. The number of ether oxygens (including phenoxy) is 1. The summed E-state index contributed by atoms with van der Waals surface area (Å²) in [5, 5.41) is 4.97. The normalized spacial score (nSPS) is 10.7. The van der Waals surface area contributed by atoms with E-state index in [-0.39, 0.29) is 11.7 Å². The largest absolute Gasteiger partial charge is 0.496 e. The van der Waals surface area contributed by atoms with E-state index in [4.69, 9.17) is 4.74 Å². The second kappa shape index (κ2) is 7.37. The van der Waals surface area contributed by atoms with Gasteiger partial charge in [-0.3, -0.25) is 10.1 Å². The van der Waals surface area contributed by atoms with Gasteiger partial charge in [0.05, 0.1) is 12.8 Å². The van der Waals surface area contributed by atoms with E-state index in [9.17, 15) is 9.18 Å². The van der Waals surface area contributed by atoms with Gasteiger partial charge < -0.3 is 9.30 Å². The number of hydrogen-bond acceptors (Lipinski definition) is 4. The Morgan fingerprint density at radius 2 is 2.24 bits per heavy atom. The molecule has 2 aromatic heterocycles. The van der Waals surface area contributed by atoms with Crippen molar-refractivity contribution in [3.63, 3.8) is 0 Å². The highest BCUT2D eigenvalue weighted by Gasteiger charge is 2.16. The van der Waals surface area contributed by atoms with Crippen molar-refractivity contribution >= 4 is 38.3 Å². The van der Waals surface area contributed by atoms with Crippen LogP contribution in [0.4, 0.5) is 9.52 Å². The molecule has 0 aliphatic carbocycles. The van der Waals surface area contributed by atoms with Gasteiger partial charge in [-0.25, -0.2) is 9.37 Å². The summed E-state index contributed by atoms with van der Waals surface area (Å²) in [4.78, 5) is 16.8. The Kier molecular flexibility index (Phi) is 5.19. The zero-order valence-electron chi connectivity index (χ0n) is 13.5. The standard InChI is InChI=1S/C17H15BrFN3O2S/c1-3-22-8-10(18)6-14(22)16(23)21-17-20-13(9-25-17)12-7-11(19)4-5-15(12)24-2/h4-9H,3H2,1-2H3,(H,20,21,23). The molecule has 0 saturated heterocycles. The SMILES string of the molecule is CCn1cc(Br)cc1C(=O)Nc1nc(-c2cc(F)ccc2OC)cs1. The zero-order chi connectivity index (χ0) is 18.0. The third kappa shape index (κ3) is 3.74. The minimum Gasteiger partial charge on any atom is -0.496 e. The summed E-state index contributed by atoms with van der Waals surface area (Å²) >= 11 is 4.64. The molecule has 3 aromatic rings. The molecule has 2 heterocycles. The number of aromatic nitrogens is 2. The van der Waals surface area contributed by atoms with Crippen LogP contribution in [0.5, 0.6) is 5.75 Å². The molecule has 0 unspecified atom stereocenters. The number of rotatable bonds is 5. The molecule has 5 nitrogen and oxygen atoms in total. The highest BCUT2D eigenvalue weighted by atomic mass is 79.9. The third-order valence-corrected chi connectivity index (χ3v) is 4.79. The fraction of sp³-hybridized carbons (Fsp3) is 0.176. The van der Waals surface area contributed by atoms with Gasteiger partial charge in [0.1, 0.15) is 17.3 Å². The first-order chi connectivity index (χ1) is 12.0. The van der Waals surface area contributed by atoms with E-state index >= 15 is 0 Å². The van der Waals surface area contributed by atoms with Crippen LogP contribution < -0.4 is 10.1 Å². The van der Waals surface area contributed by atoms with Gasteiger partial charge in [-0.1, -0.05) is 0 Å². The first-order valence-corrected chi connectivity index (χ1v) is 9.15. The Morgan fingerprint density at radius 3 is 2.96 bits per heavy atom. The van der Waals surface area contributed by atoms with Crippen LogP contribution >= 0.6 is 27.3 Å². The third-order valence-electron chi connectivity index (χ3n) is 3.60. The van der Waals surface area contributed by atoms with Crippen molar-refractivity contribution in [2.45, 2.75) is 13.5 Å². The van der Waals surface area contributed by atoms with Crippen molar-refractivity contribution in [3.05, 3.63) is 51.8 Å². The molecule has 0 fully saturated rings. The van der Waals surface area contributed by atoms with Crippen LogP contribution in [0.1, 0.15) is 17.4 Å². The first kappa shape index (κ1) is 17.6. The summed E-state index contributed by atoms with van der Waals surface area (Å²) < 4.78 is 21.5. The summed E-state index contributed by atoms with van der Waals surface area (Å²) in [6.07, 6.45) is 1.85. The van der Waals surface area contributed by atoms with Crippen molar-refractivity contribution < 1.29 is 13.9 Å². The summed E-state index contributed by atoms with van der Waals surface area (Å²) in [5.41, 5.74) is 1.62. The molecule has 0 radical (unpaired) electrons. The maximum absolute atomic E-state index is 13.5. The summed E-state index contributed by atoms with van der Waals surface area (Å²) in [6, 6.07) is 5.99. The van der Waals surface area contributed by atoms with Gasteiger partial charge in [0.15, 0.2) is 5.13 Å². The van der Waals surface area contributed by atoms with Gasteiger partial charge >= 0.3 is 0 Å². The topological polar surface area (TPSA) is 56.2 Å². The molecule has 0 aliphatic heterocycles. The van der Waals surface area contributed by atoms with Crippen molar-refractivity contribution in [2.75, 3.05) is 12.4 Å². The molecule has 0 bridgehead atoms. The van der Waals surface area contributed by atoms with Crippen LogP contribution in [0.15, 0.2) is 40.3 Å². The number of nitrogens with zero attached hydrogens (tertiary/aromatic N) is 2. The molecule has 0 atom stereocenters. The van der Waals surface area contributed by atoms with Gasteiger partial charge in [0.2, 0.25) is 0 Å². The van der Waals surface area contributed by atoms with Crippen LogP contribution in [0.25, 0.3) is 11.3 Å². The van der Waals surface area contributed by atoms with E-state index in [0.717, 1.165) is 4.47 Å². The molecule has 0 saturated carbocycles. The monoisotopic (exact) mass is 423 g/mol. The quantitative estimate of drug-likeness (QED) is 0.641. The van der Waals surface area contributed by atoms with E-state index in [1.807, 2.05) is 17.7 Å². The van der Waals surface area contributed by atoms with Gasteiger partial charge in [-0.15, -0.1) is 11.3 Å². The van der Waals surface area contributed by atoms with Gasteiger partial charge in [-0.05, 0) is 47.1 Å². The van der Waals surface area contributed by atoms with Crippen LogP contribution in [0.3, 0.4) is 0 Å². The van der Waals surface area contributed by atoms with Crippen molar-refractivity contribution in [2.24, 2.45) is 0 Å². The van der Waals surface area contributed by atoms with Crippen LogP contribution in [-0.4, -0.2) is 22.6 Å². The molecule has 25 heavy (non-hydrogen) atoms. The van der Waals surface area contributed by atoms with Crippen molar-refractivity contribution in [1.29, 1.82) is 0 Å². The highest BCUT2D eigenvalue weighted by Crippen LogP contribution is 2.33. The van der Waals surface area contributed by atoms with Crippen LogP contribution in [0, 0.1) is 5.82 Å². The second-order valence-electron chi connectivity index (χ2n) is 5.17. The van der Waals surface area contributed by atoms with Gasteiger partial charge in [0, 0.05) is 28.2 Å². The van der Waals surface area contributed by atoms with Gasteiger partial charge in [0.25, 0.3) is 5.91 Å². The van der Waals surface area contributed by atoms with E-state index in [1.165, 1.54) is 30.6 Å². The lowest BCUT2D eigenvalue weighted by Crippen LogP contribution is -2.16. The number of aryl methyl sites for hydroxylation is 1. The predicted octanol–water partition coefficient (Wildman–Crippen LogP) is 4.79. The average Bonchev–Trinajstić information content (AvgIpc) is 3.21. The molecule has 130 valence electrons. The number of carbonyl (C=O) groups is 1. The highest BCUT2D eigenvalue weighted by molar-refractivity contribution is 9.10. The summed E-state index contributed by atoms with van der Waals surface area (Å²) in [7, 11) is 1.52. The zero-order valence-corrected chi connectivity index (χ0v) is 15.9. The van der Waals surface area contributed by atoms with Crippen molar-refractivity contribution in [3.8, 4) is 17.0 Å². The molecule has 1 amide bonds. The Bertz CT molecular complexity index is 923. The van der Waals surface area contributed by atoms with E-state index in [1.54, 1.807) is 17.5 Å². The lowest BCUT2D eigenvalue weighted by Gasteiger charge is -2.06. The number of carbonyl (C=O) groups excluding carboxylic acids is 1. The number of nitrogens with one attached hydrogen (secondary N) is 1. The summed E-state index contributed by atoms with van der Waals surface area (Å²) in [5.74, 6) is -0.104. The summed E-state index contributed by atoms with van der Waals surface area (Å²) in [6.45, 7) is 2.64. The number of benzene rings is 1.